The fourth-order valence-electron chi connectivity index (χ4n) is 4.99. The van der Waals surface area contributed by atoms with Crippen molar-refractivity contribution in [2.45, 2.75) is 38.1 Å². The lowest BCUT2D eigenvalue weighted by Gasteiger charge is -2.38. The molecule has 6 nitrogen and oxygen atoms in total. The molecule has 3 aromatic rings. The van der Waals surface area contributed by atoms with E-state index in [1.54, 1.807) is 0 Å². The number of imidazole rings is 1. The Morgan fingerprint density at radius 1 is 1.31 bits per heavy atom. The summed E-state index contributed by atoms with van der Waals surface area (Å²) in [7, 11) is 1.98. The SMILES string of the molecule is Cc1nc2c3c(c(C(=O)NCCO)cc2n1C)CCC1(Cc2ccccc2C1)N3. The van der Waals surface area contributed by atoms with Crippen LogP contribution in [0.15, 0.2) is 30.3 Å². The van der Waals surface area contributed by atoms with Crippen molar-refractivity contribution in [3.8, 4) is 0 Å². The van der Waals surface area contributed by atoms with E-state index >= 15 is 0 Å². The summed E-state index contributed by atoms with van der Waals surface area (Å²) in [6.45, 7) is 2.17. The molecule has 6 heteroatoms. The minimum absolute atomic E-state index is 0.0186. The van der Waals surface area contributed by atoms with Crippen molar-refractivity contribution < 1.29 is 9.90 Å². The molecule has 0 fully saturated rings. The highest BCUT2D eigenvalue weighted by atomic mass is 16.3. The minimum Gasteiger partial charge on any atom is -0.395 e. The van der Waals surface area contributed by atoms with Gasteiger partial charge in [0.2, 0.25) is 0 Å². The van der Waals surface area contributed by atoms with Crippen LogP contribution in [0.4, 0.5) is 5.69 Å². The van der Waals surface area contributed by atoms with Crippen molar-refractivity contribution in [1.29, 1.82) is 0 Å². The number of nitrogens with zero attached hydrogens (tertiary/aromatic N) is 2. The predicted octanol–water partition coefficient (Wildman–Crippen LogP) is 2.50. The maximum atomic E-state index is 12.8. The zero-order valence-electron chi connectivity index (χ0n) is 16.9. The Morgan fingerprint density at radius 2 is 2.03 bits per heavy atom. The largest absolute Gasteiger partial charge is 0.395 e. The summed E-state index contributed by atoms with van der Waals surface area (Å²) < 4.78 is 2.03. The molecule has 1 aliphatic heterocycles. The number of anilines is 1. The van der Waals surface area contributed by atoms with Gasteiger partial charge in [-0.3, -0.25) is 4.79 Å². The molecule has 29 heavy (non-hydrogen) atoms. The number of amides is 1. The molecule has 150 valence electrons. The minimum atomic E-state index is -0.136. The van der Waals surface area contributed by atoms with Crippen LogP contribution in [0.3, 0.4) is 0 Å². The number of hydrogen-bond donors (Lipinski definition) is 3. The van der Waals surface area contributed by atoms with Gasteiger partial charge in [0.25, 0.3) is 5.91 Å². The Labute approximate surface area is 170 Å². The van der Waals surface area contributed by atoms with Crippen LogP contribution in [-0.2, 0) is 26.3 Å². The van der Waals surface area contributed by atoms with Crippen molar-refractivity contribution in [3.05, 3.63) is 58.4 Å². The molecule has 1 aromatic heterocycles. The first-order valence-electron chi connectivity index (χ1n) is 10.2. The van der Waals surface area contributed by atoms with E-state index in [2.05, 4.69) is 34.9 Å². The molecule has 1 aliphatic carbocycles. The third-order valence-corrected chi connectivity index (χ3v) is 6.57. The topological polar surface area (TPSA) is 79.2 Å². The van der Waals surface area contributed by atoms with Gasteiger partial charge in [-0.25, -0.2) is 4.98 Å². The number of aliphatic hydroxyl groups is 1. The zero-order chi connectivity index (χ0) is 20.2. The Morgan fingerprint density at radius 3 is 2.72 bits per heavy atom. The second-order valence-corrected chi connectivity index (χ2v) is 8.37. The van der Waals surface area contributed by atoms with Crippen LogP contribution >= 0.6 is 0 Å². The quantitative estimate of drug-likeness (QED) is 0.642. The van der Waals surface area contributed by atoms with Gasteiger partial charge in [-0.15, -0.1) is 0 Å². The van der Waals surface area contributed by atoms with Gasteiger partial charge >= 0.3 is 0 Å². The normalized spacial score (nSPS) is 16.5. The first kappa shape index (κ1) is 18.2. The molecule has 2 aromatic carbocycles. The predicted molar refractivity (Wildman–Crippen MR) is 113 cm³/mol. The maximum Gasteiger partial charge on any atom is 0.251 e. The van der Waals surface area contributed by atoms with Crippen LogP contribution in [0.1, 0.15) is 39.3 Å². The van der Waals surface area contributed by atoms with E-state index in [0.717, 1.165) is 53.8 Å². The first-order chi connectivity index (χ1) is 14.0. The number of hydrogen-bond acceptors (Lipinski definition) is 4. The molecule has 0 atom stereocenters. The van der Waals surface area contributed by atoms with Gasteiger partial charge < -0.3 is 20.3 Å². The number of carbonyl (C=O) groups excluding carboxylic acids is 1. The van der Waals surface area contributed by atoms with Gasteiger partial charge in [0.15, 0.2) is 0 Å². The van der Waals surface area contributed by atoms with Crippen molar-refractivity contribution in [2.75, 3.05) is 18.5 Å². The molecule has 3 N–H and O–H groups in total. The van der Waals surface area contributed by atoms with E-state index in [4.69, 9.17) is 10.1 Å². The molecule has 0 saturated heterocycles. The second-order valence-electron chi connectivity index (χ2n) is 8.37. The number of nitrogens with one attached hydrogen (secondary N) is 2. The second kappa shape index (κ2) is 6.59. The van der Waals surface area contributed by atoms with E-state index in [1.807, 2.05) is 24.6 Å². The van der Waals surface area contributed by atoms with E-state index in [-0.39, 0.29) is 24.6 Å². The highest BCUT2D eigenvalue weighted by Gasteiger charge is 2.41. The molecule has 2 heterocycles. The maximum absolute atomic E-state index is 12.8. The third-order valence-electron chi connectivity index (χ3n) is 6.57. The number of aryl methyl sites for hydroxylation is 2. The van der Waals surface area contributed by atoms with Gasteiger partial charge in [0.1, 0.15) is 11.3 Å². The van der Waals surface area contributed by atoms with Crippen molar-refractivity contribution in [1.82, 2.24) is 14.9 Å². The monoisotopic (exact) mass is 390 g/mol. The molecule has 1 spiro atoms. The van der Waals surface area contributed by atoms with E-state index in [9.17, 15) is 4.79 Å². The number of benzene rings is 2. The fraction of sp³-hybridized carbons (Fsp3) is 0.391. The summed E-state index contributed by atoms with van der Waals surface area (Å²) >= 11 is 0. The van der Waals surface area contributed by atoms with Crippen LogP contribution in [0, 0.1) is 6.92 Å². The first-order valence-corrected chi connectivity index (χ1v) is 10.2. The highest BCUT2D eigenvalue weighted by Crippen LogP contribution is 2.44. The lowest BCUT2D eigenvalue weighted by molar-refractivity contribution is 0.0943. The number of aromatic nitrogens is 2. The van der Waals surface area contributed by atoms with E-state index < -0.39 is 0 Å². The lowest BCUT2D eigenvalue weighted by atomic mass is 9.82. The Balaban J connectivity index is 1.62. The van der Waals surface area contributed by atoms with Gasteiger partial charge in [-0.2, -0.15) is 0 Å². The van der Waals surface area contributed by atoms with Crippen LogP contribution < -0.4 is 10.6 Å². The number of rotatable bonds is 3. The molecular formula is C23H26N4O2. The summed E-state index contributed by atoms with van der Waals surface area (Å²) in [4.78, 5) is 17.7. The average Bonchev–Trinajstić information content (AvgIpc) is 3.22. The Kier molecular flexibility index (Phi) is 4.13. The van der Waals surface area contributed by atoms with Crippen molar-refractivity contribution in [3.63, 3.8) is 0 Å². The summed E-state index contributed by atoms with van der Waals surface area (Å²) in [5, 5.41) is 15.8. The molecule has 5 rings (SSSR count). The highest BCUT2D eigenvalue weighted by molar-refractivity contribution is 6.04. The fourth-order valence-corrected chi connectivity index (χ4v) is 4.99. The van der Waals surface area contributed by atoms with E-state index in [1.165, 1.54) is 11.1 Å². The van der Waals surface area contributed by atoms with Gasteiger partial charge in [-0.1, -0.05) is 24.3 Å². The molecular weight excluding hydrogens is 364 g/mol. The summed E-state index contributed by atoms with van der Waals surface area (Å²) in [6.07, 6.45) is 3.81. The molecule has 2 aliphatic rings. The molecule has 0 saturated carbocycles. The third kappa shape index (κ3) is 2.82. The molecule has 0 radical (unpaired) electrons. The van der Waals surface area contributed by atoms with Crippen LogP contribution in [0.2, 0.25) is 0 Å². The van der Waals surface area contributed by atoms with Gasteiger partial charge in [0, 0.05) is 24.7 Å². The lowest BCUT2D eigenvalue weighted by Crippen LogP contribution is -2.43. The summed E-state index contributed by atoms with van der Waals surface area (Å²) in [6, 6.07) is 10.6. The van der Waals surface area contributed by atoms with Gasteiger partial charge in [-0.05, 0) is 55.4 Å². The summed E-state index contributed by atoms with van der Waals surface area (Å²) in [5.74, 6) is 0.787. The van der Waals surface area contributed by atoms with Crippen molar-refractivity contribution in [2.24, 2.45) is 7.05 Å². The Bertz CT molecular complexity index is 1110. The van der Waals surface area contributed by atoms with Gasteiger partial charge in [0.05, 0.1) is 17.8 Å². The molecule has 0 bridgehead atoms. The molecule has 1 amide bonds. The van der Waals surface area contributed by atoms with E-state index in [0.29, 0.717) is 5.56 Å². The van der Waals surface area contributed by atoms with Crippen LogP contribution in [0.25, 0.3) is 11.0 Å². The summed E-state index contributed by atoms with van der Waals surface area (Å²) in [5.41, 5.74) is 7.41. The van der Waals surface area contributed by atoms with Crippen LogP contribution in [-0.4, -0.2) is 39.3 Å². The van der Waals surface area contributed by atoms with Crippen LogP contribution in [0.5, 0.6) is 0 Å². The standard InChI is InChI=1S/C23H26N4O2/c1-14-25-21-19(27(14)2)11-18(22(29)24-9-10-28)17-7-8-23(26-20(17)21)12-15-5-3-4-6-16(15)13-23/h3-6,11,26,28H,7-10,12-13H2,1-2H3,(H,24,29). The number of aliphatic hydroxyl groups excluding tert-OH is 1. The average molecular weight is 390 g/mol. The number of carbonyl (C=O) groups is 1. The zero-order valence-corrected chi connectivity index (χ0v) is 16.9. The molecule has 0 unspecified atom stereocenters. The Hall–Kier alpha value is -2.86. The number of fused-ring (bicyclic) bond motifs is 4. The van der Waals surface area contributed by atoms with Crippen molar-refractivity contribution >= 4 is 22.6 Å². The smallest absolute Gasteiger partial charge is 0.251 e.